The molecule has 1 aromatic carbocycles. The number of nitrogens with one attached hydrogen (secondary N) is 1. The summed E-state index contributed by atoms with van der Waals surface area (Å²) in [5.74, 6) is 0.754. The monoisotopic (exact) mass is 499 g/mol. The largest absolute Gasteiger partial charge is 0.450 e. The van der Waals surface area contributed by atoms with E-state index < -0.39 is 24.4 Å². The Morgan fingerprint density at radius 3 is 2.68 bits per heavy atom. The van der Waals surface area contributed by atoms with E-state index in [9.17, 15) is 18.0 Å². The molecule has 0 bridgehead atoms. The highest BCUT2D eigenvalue weighted by atomic mass is 35.5. The zero-order chi connectivity index (χ0) is 25.0. The smallest absolute Gasteiger partial charge is 0.416 e. The summed E-state index contributed by atoms with van der Waals surface area (Å²) in [7, 11) is 3.61. The minimum atomic E-state index is -4.58. The highest BCUT2D eigenvalue weighted by Gasteiger charge is 2.34. The van der Waals surface area contributed by atoms with E-state index in [2.05, 4.69) is 20.3 Å². The number of anilines is 2. The number of hydrogen-bond donors (Lipinski definition) is 2. The molecule has 3 rings (SSSR count). The van der Waals surface area contributed by atoms with Crippen molar-refractivity contribution < 1.29 is 22.7 Å². The van der Waals surface area contributed by atoms with Gasteiger partial charge < -0.3 is 25.3 Å². The molecule has 0 saturated carbocycles. The van der Waals surface area contributed by atoms with Crippen LogP contribution in [0.15, 0.2) is 18.5 Å². The molecule has 3 N–H and O–H groups in total. The highest BCUT2D eigenvalue weighted by Crippen LogP contribution is 2.36. The van der Waals surface area contributed by atoms with Crippen LogP contribution in [0.1, 0.15) is 29.5 Å². The Kier molecular flexibility index (Phi) is 7.70. The molecule has 0 aliphatic rings. The number of fused-ring (bicyclic) bond motifs is 1. The average Bonchev–Trinajstić information content (AvgIpc) is 3.17. The van der Waals surface area contributed by atoms with Crippen LogP contribution in [0.2, 0.25) is 5.02 Å². The first-order valence-corrected chi connectivity index (χ1v) is 10.8. The van der Waals surface area contributed by atoms with E-state index in [1.165, 1.54) is 6.07 Å². The highest BCUT2D eigenvalue weighted by molar-refractivity contribution is 6.32. The van der Waals surface area contributed by atoms with Gasteiger partial charge in [-0.25, -0.2) is 9.78 Å². The summed E-state index contributed by atoms with van der Waals surface area (Å²) in [6.45, 7) is 1.84. The lowest BCUT2D eigenvalue weighted by atomic mass is 10.0. The van der Waals surface area contributed by atoms with Gasteiger partial charge in [-0.2, -0.15) is 23.1 Å². The normalized spacial score (nSPS) is 11.6. The number of aromatic nitrogens is 4. The first kappa shape index (κ1) is 25.3. The van der Waals surface area contributed by atoms with Gasteiger partial charge in [0.25, 0.3) is 0 Å². The number of amides is 1. The van der Waals surface area contributed by atoms with Crippen LogP contribution in [0.3, 0.4) is 0 Å². The second-order valence-electron chi connectivity index (χ2n) is 7.83. The van der Waals surface area contributed by atoms with E-state index in [0.717, 1.165) is 6.07 Å². The number of benzene rings is 1. The Bertz CT molecular complexity index is 1180. The predicted octanol–water partition coefficient (Wildman–Crippen LogP) is 4.16. The van der Waals surface area contributed by atoms with E-state index in [-0.39, 0.29) is 23.0 Å². The van der Waals surface area contributed by atoms with Crippen LogP contribution in [-0.2, 0) is 24.0 Å². The van der Waals surface area contributed by atoms with Gasteiger partial charge in [0.2, 0.25) is 5.95 Å². The van der Waals surface area contributed by atoms with Crippen molar-refractivity contribution in [1.82, 2.24) is 24.8 Å². The van der Waals surface area contributed by atoms with Crippen molar-refractivity contribution in [3.05, 3.63) is 40.2 Å². The summed E-state index contributed by atoms with van der Waals surface area (Å²) in [4.78, 5) is 26.6. The molecular weight excluding hydrogens is 475 g/mol. The molecule has 2 heterocycles. The number of hydrogen-bond acceptors (Lipinski definition) is 7. The van der Waals surface area contributed by atoms with Crippen LogP contribution in [0.25, 0.3) is 11.2 Å². The minimum Gasteiger partial charge on any atom is -0.450 e. The van der Waals surface area contributed by atoms with Gasteiger partial charge in [0.1, 0.15) is 5.52 Å². The van der Waals surface area contributed by atoms with Gasteiger partial charge in [-0.15, -0.1) is 0 Å². The third-order valence-electron chi connectivity index (χ3n) is 5.06. The number of nitrogens with two attached hydrogens (primary N) is 1. The number of imidazole rings is 1. The quantitative estimate of drug-likeness (QED) is 0.447. The lowest BCUT2D eigenvalue weighted by Crippen LogP contribution is -2.26. The zero-order valence-corrected chi connectivity index (χ0v) is 19.7. The molecule has 0 spiro atoms. The molecular formula is C21H25ClF3N7O2. The van der Waals surface area contributed by atoms with Gasteiger partial charge in [-0.1, -0.05) is 17.7 Å². The number of alkyl carbamates (subject to hydrolysis) is 1. The second-order valence-corrected chi connectivity index (χ2v) is 8.21. The Hall–Kier alpha value is -3.28. The SMILES string of the molecule is Cc1ccc(C(F)(F)F)c(CNC(=O)OCCCCn2cnc3c(N)nc(N(C)C)nc32)c1Cl. The lowest BCUT2D eigenvalue weighted by Gasteiger charge is -2.16. The Balaban J connectivity index is 1.50. The lowest BCUT2D eigenvalue weighted by molar-refractivity contribution is -0.138. The van der Waals surface area contributed by atoms with Crippen LogP contribution < -0.4 is 16.0 Å². The van der Waals surface area contributed by atoms with Crippen LogP contribution in [0.4, 0.5) is 29.7 Å². The van der Waals surface area contributed by atoms with Crippen molar-refractivity contribution in [3.8, 4) is 0 Å². The third kappa shape index (κ3) is 5.79. The van der Waals surface area contributed by atoms with E-state index in [4.69, 9.17) is 22.1 Å². The van der Waals surface area contributed by atoms with Crippen molar-refractivity contribution in [2.24, 2.45) is 0 Å². The number of ether oxygens (including phenoxy) is 1. The molecule has 184 valence electrons. The van der Waals surface area contributed by atoms with Crippen molar-refractivity contribution in [3.63, 3.8) is 0 Å². The van der Waals surface area contributed by atoms with E-state index in [1.54, 1.807) is 32.2 Å². The Morgan fingerprint density at radius 2 is 2.00 bits per heavy atom. The molecule has 34 heavy (non-hydrogen) atoms. The van der Waals surface area contributed by atoms with Crippen molar-refractivity contribution in [2.75, 3.05) is 31.3 Å². The minimum absolute atomic E-state index is 0.0374. The van der Waals surface area contributed by atoms with E-state index in [0.29, 0.717) is 42.1 Å². The fourth-order valence-corrected chi connectivity index (χ4v) is 3.49. The van der Waals surface area contributed by atoms with Gasteiger partial charge in [-0.05, 0) is 31.4 Å². The number of halogens is 4. The van der Waals surface area contributed by atoms with Crippen molar-refractivity contribution in [1.29, 1.82) is 0 Å². The molecule has 2 aromatic heterocycles. The van der Waals surface area contributed by atoms with E-state index >= 15 is 0 Å². The fraction of sp³-hybridized carbons (Fsp3) is 0.429. The van der Waals surface area contributed by atoms with Gasteiger partial charge >= 0.3 is 12.3 Å². The maximum absolute atomic E-state index is 13.2. The van der Waals surface area contributed by atoms with Gasteiger partial charge in [-0.3, -0.25) is 0 Å². The molecule has 0 aliphatic carbocycles. The maximum atomic E-state index is 13.2. The van der Waals surface area contributed by atoms with Crippen LogP contribution in [0.5, 0.6) is 0 Å². The standard InChI is InChI=1S/C21H25ClF3N7O2/c1-12-6-7-14(21(23,24)25)13(15(12)22)10-27-20(33)34-9-5-4-8-32-11-28-16-17(26)29-19(31(2)3)30-18(16)32/h6-7,11H,4-5,8-10H2,1-3H3,(H,27,33)(H2,26,29,30). The van der Waals surface area contributed by atoms with Crippen LogP contribution >= 0.6 is 11.6 Å². The summed E-state index contributed by atoms with van der Waals surface area (Å²) in [6, 6.07) is 2.24. The molecule has 13 heteroatoms. The van der Waals surface area contributed by atoms with E-state index in [1.807, 2.05) is 4.57 Å². The second kappa shape index (κ2) is 10.3. The summed E-state index contributed by atoms with van der Waals surface area (Å²) in [5.41, 5.74) is 6.46. The molecule has 0 fully saturated rings. The van der Waals surface area contributed by atoms with Crippen LogP contribution in [-0.4, -0.2) is 46.3 Å². The molecule has 0 unspecified atom stereocenters. The predicted molar refractivity (Wildman–Crippen MR) is 123 cm³/mol. The Labute approximate surface area is 199 Å². The molecule has 0 aliphatic heterocycles. The number of aryl methyl sites for hydroxylation is 2. The average molecular weight is 500 g/mol. The zero-order valence-electron chi connectivity index (χ0n) is 18.9. The van der Waals surface area contributed by atoms with Gasteiger partial charge in [0, 0.05) is 37.8 Å². The summed E-state index contributed by atoms with van der Waals surface area (Å²) in [6.07, 6.45) is -2.63. The molecule has 1 amide bonds. The number of nitrogens with zero attached hydrogens (tertiary/aromatic N) is 5. The molecule has 0 radical (unpaired) electrons. The number of rotatable bonds is 8. The number of alkyl halides is 3. The number of carbonyl (C=O) groups excluding carboxylic acids is 1. The number of carbonyl (C=O) groups is 1. The topological polar surface area (TPSA) is 111 Å². The molecule has 0 atom stereocenters. The summed E-state index contributed by atoms with van der Waals surface area (Å²) >= 11 is 6.04. The molecule has 3 aromatic rings. The molecule has 9 nitrogen and oxygen atoms in total. The maximum Gasteiger partial charge on any atom is 0.416 e. The Morgan fingerprint density at radius 1 is 1.26 bits per heavy atom. The van der Waals surface area contributed by atoms with Crippen molar-refractivity contribution >= 4 is 40.6 Å². The van der Waals surface area contributed by atoms with Crippen molar-refractivity contribution in [2.45, 2.75) is 39.0 Å². The third-order valence-corrected chi connectivity index (χ3v) is 5.58. The first-order valence-electron chi connectivity index (χ1n) is 10.4. The summed E-state index contributed by atoms with van der Waals surface area (Å²) < 4.78 is 46.6. The molecule has 0 saturated heterocycles. The number of unbranched alkanes of at least 4 members (excludes halogenated alkanes) is 1. The fourth-order valence-electron chi connectivity index (χ4n) is 3.26. The van der Waals surface area contributed by atoms with Gasteiger partial charge in [0.15, 0.2) is 11.5 Å². The summed E-state index contributed by atoms with van der Waals surface area (Å²) in [5, 5.41) is 2.30. The van der Waals surface area contributed by atoms with Crippen LogP contribution in [0, 0.1) is 6.92 Å². The number of nitrogen functional groups attached to an aromatic ring is 1. The first-order chi connectivity index (χ1) is 16.0. The van der Waals surface area contributed by atoms with Gasteiger partial charge in [0.05, 0.1) is 18.5 Å².